The standard InChI is InChI=1S/C25H25N5O7/c31-19-13-36-12-11-30(19)16-3-1-14(2-4-16)23(32)29-21-20-18(6-5-17(28-20)25(34)35)37-22(21)24(33)27-15-7-9-26-10-8-15/h5-10,14,16H,1-4,11-13H2,(H,29,32)(H,34,35)(H,26,27,33)/t14-,16-. The molecule has 2 fully saturated rings. The molecule has 3 N–H and O–H groups in total. The van der Waals surface area contributed by atoms with Gasteiger partial charge in [0.15, 0.2) is 5.58 Å². The normalized spacial score (nSPS) is 20.0. The molecule has 192 valence electrons. The van der Waals surface area contributed by atoms with E-state index in [1.807, 2.05) is 4.90 Å². The maximum Gasteiger partial charge on any atom is 0.354 e. The summed E-state index contributed by atoms with van der Waals surface area (Å²) in [7, 11) is 0. The van der Waals surface area contributed by atoms with Gasteiger partial charge in [0, 0.05) is 36.6 Å². The maximum atomic E-state index is 13.3. The van der Waals surface area contributed by atoms with Crippen molar-refractivity contribution in [2.24, 2.45) is 5.92 Å². The first-order valence-corrected chi connectivity index (χ1v) is 12.0. The lowest BCUT2D eigenvalue weighted by atomic mass is 9.84. The van der Waals surface area contributed by atoms with Gasteiger partial charge in [0.2, 0.25) is 17.6 Å². The van der Waals surface area contributed by atoms with Crippen LogP contribution < -0.4 is 10.6 Å². The number of aromatic nitrogens is 2. The third-order valence-corrected chi connectivity index (χ3v) is 6.68. The second kappa shape index (κ2) is 10.3. The van der Waals surface area contributed by atoms with Gasteiger partial charge in [-0.2, -0.15) is 0 Å². The minimum Gasteiger partial charge on any atom is -0.477 e. The van der Waals surface area contributed by atoms with E-state index >= 15 is 0 Å². The van der Waals surface area contributed by atoms with Crippen molar-refractivity contribution in [3.63, 3.8) is 0 Å². The molecule has 3 amide bonds. The van der Waals surface area contributed by atoms with E-state index in [4.69, 9.17) is 9.15 Å². The number of carboxylic acid groups (broad SMARTS) is 1. The van der Waals surface area contributed by atoms with E-state index < -0.39 is 11.9 Å². The van der Waals surface area contributed by atoms with Crippen molar-refractivity contribution in [3.05, 3.63) is 48.1 Å². The number of fused-ring (bicyclic) bond motifs is 1. The number of carbonyl (C=O) groups is 4. The number of hydrogen-bond acceptors (Lipinski definition) is 8. The Hall–Kier alpha value is -4.32. The molecule has 0 atom stereocenters. The highest BCUT2D eigenvalue weighted by Gasteiger charge is 2.34. The van der Waals surface area contributed by atoms with Crippen LogP contribution >= 0.6 is 0 Å². The molecule has 1 saturated carbocycles. The summed E-state index contributed by atoms with van der Waals surface area (Å²) in [6, 6.07) is 5.92. The van der Waals surface area contributed by atoms with Gasteiger partial charge in [0.1, 0.15) is 23.5 Å². The fourth-order valence-electron chi connectivity index (χ4n) is 4.79. The minimum absolute atomic E-state index is 0.0140. The van der Waals surface area contributed by atoms with Crippen LogP contribution in [0, 0.1) is 5.92 Å². The Balaban J connectivity index is 1.37. The van der Waals surface area contributed by atoms with E-state index in [1.54, 1.807) is 12.1 Å². The number of morpholine rings is 1. The van der Waals surface area contributed by atoms with E-state index in [9.17, 15) is 24.3 Å². The number of nitrogens with one attached hydrogen (secondary N) is 2. The average Bonchev–Trinajstić information content (AvgIpc) is 3.27. The summed E-state index contributed by atoms with van der Waals surface area (Å²) in [5.41, 5.74) is 0.462. The van der Waals surface area contributed by atoms with Crippen LogP contribution in [0.4, 0.5) is 11.4 Å². The number of anilines is 2. The molecule has 12 heteroatoms. The zero-order valence-corrected chi connectivity index (χ0v) is 19.8. The Labute approximate surface area is 211 Å². The van der Waals surface area contributed by atoms with Crippen LogP contribution in [0.2, 0.25) is 0 Å². The number of hydrogen-bond donors (Lipinski definition) is 3. The summed E-state index contributed by atoms with van der Waals surface area (Å²) < 4.78 is 10.9. The Morgan fingerprint density at radius 1 is 1.03 bits per heavy atom. The molecule has 1 aliphatic carbocycles. The van der Waals surface area contributed by atoms with E-state index in [-0.39, 0.29) is 58.6 Å². The molecule has 1 aliphatic heterocycles. The van der Waals surface area contributed by atoms with Crippen LogP contribution in [-0.2, 0) is 14.3 Å². The van der Waals surface area contributed by atoms with Crippen LogP contribution in [-0.4, -0.2) is 69.5 Å². The van der Waals surface area contributed by atoms with Crippen molar-refractivity contribution in [3.8, 4) is 0 Å². The number of pyridine rings is 2. The number of carboxylic acids is 1. The van der Waals surface area contributed by atoms with E-state index in [0.717, 1.165) is 0 Å². The second-order valence-corrected chi connectivity index (χ2v) is 8.98. The highest BCUT2D eigenvalue weighted by molar-refractivity contribution is 6.14. The number of amides is 3. The van der Waals surface area contributed by atoms with Crippen LogP contribution in [0.15, 0.2) is 41.1 Å². The number of nitrogens with zero attached hydrogens (tertiary/aromatic N) is 3. The lowest BCUT2D eigenvalue weighted by Gasteiger charge is -2.38. The number of furan rings is 1. The van der Waals surface area contributed by atoms with Crippen molar-refractivity contribution in [1.82, 2.24) is 14.9 Å². The van der Waals surface area contributed by atoms with Crippen LogP contribution in [0.25, 0.3) is 11.1 Å². The molecule has 37 heavy (non-hydrogen) atoms. The Morgan fingerprint density at radius 3 is 2.49 bits per heavy atom. The van der Waals surface area contributed by atoms with Crippen LogP contribution in [0.1, 0.15) is 46.7 Å². The summed E-state index contributed by atoms with van der Waals surface area (Å²) in [5.74, 6) is -2.78. The molecule has 2 aliphatic rings. The van der Waals surface area contributed by atoms with Gasteiger partial charge >= 0.3 is 5.97 Å². The fraction of sp³-hybridized carbons (Fsp3) is 0.360. The number of aromatic carboxylic acids is 1. The number of rotatable bonds is 6. The first-order valence-electron chi connectivity index (χ1n) is 12.0. The largest absolute Gasteiger partial charge is 0.477 e. The fourth-order valence-corrected chi connectivity index (χ4v) is 4.79. The molecule has 0 radical (unpaired) electrons. The number of carbonyl (C=O) groups excluding carboxylic acids is 3. The van der Waals surface area contributed by atoms with E-state index in [0.29, 0.717) is 44.5 Å². The molecule has 0 bridgehead atoms. The van der Waals surface area contributed by atoms with Crippen molar-refractivity contribution in [2.45, 2.75) is 31.7 Å². The van der Waals surface area contributed by atoms with Crippen molar-refractivity contribution >= 4 is 46.2 Å². The smallest absolute Gasteiger partial charge is 0.354 e. The molecule has 0 aromatic carbocycles. The summed E-state index contributed by atoms with van der Waals surface area (Å²) in [5, 5.41) is 14.8. The molecular weight excluding hydrogens is 482 g/mol. The lowest BCUT2D eigenvalue weighted by molar-refractivity contribution is -0.146. The molecule has 3 aromatic heterocycles. The van der Waals surface area contributed by atoms with Gasteiger partial charge in [-0.3, -0.25) is 19.4 Å². The monoisotopic (exact) mass is 507 g/mol. The van der Waals surface area contributed by atoms with Crippen molar-refractivity contribution < 1.29 is 33.4 Å². The third kappa shape index (κ3) is 5.14. The average molecular weight is 508 g/mol. The quantitative estimate of drug-likeness (QED) is 0.455. The zero-order valence-electron chi connectivity index (χ0n) is 19.8. The van der Waals surface area contributed by atoms with Gasteiger partial charge in [-0.05, 0) is 49.9 Å². The first-order chi connectivity index (χ1) is 17.9. The minimum atomic E-state index is -1.25. The lowest BCUT2D eigenvalue weighted by Crippen LogP contribution is -2.49. The van der Waals surface area contributed by atoms with Gasteiger partial charge in [-0.25, -0.2) is 9.78 Å². The Kier molecular flexibility index (Phi) is 6.82. The van der Waals surface area contributed by atoms with Crippen molar-refractivity contribution in [2.75, 3.05) is 30.4 Å². The first kappa shape index (κ1) is 24.4. The van der Waals surface area contributed by atoms with Gasteiger partial charge in [0.05, 0.1) is 6.61 Å². The van der Waals surface area contributed by atoms with E-state index in [2.05, 4.69) is 20.6 Å². The topological polar surface area (TPSA) is 164 Å². The third-order valence-electron chi connectivity index (χ3n) is 6.68. The highest BCUT2D eigenvalue weighted by Crippen LogP contribution is 2.34. The summed E-state index contributed by atoms with van der Waals surface area (Å²) in [6.07, 6.45) is 5.49. The molecule has 1 saturated heterocycles. The summed E-state index contributed by atoms with van der Waals surface area (Å²) in [4.78, 5) is 59.8. The predicted octanol–water partition coefficient (Wildman–Crippen LogP) is 2.53. The summed E-state index contributed by atoms with van der Waals surface area (Å²) >= 11 is 0. The van der Waals surface area contributed by atoms with Gasteiger partial charge < -0.3 is 29.8 Å². The molecule has 5 rings (SSSR count). The zero-order chi connectivity index (χ0) is 25.9. The van der Waals surface area contributed by atoms with Gasteiger partial charge in [-0.15, -0.1) is 0 Å². The summed E-state index contributed by atoms with van der Waals surface area (Å²) in [6.45, 7) is 1.15. The molecule has 3 aromatic rings. The van der Waals surface area contributed by atoms with Crippen LogP contribution in [0.3, 0.4) is 0 Å². The SMILES string of the molecule is O=C(O)c1ccc2oc(C(=O)Nc3ccncc3)c(NC(=O)[C@H]3CC[C@H](N4CCOCC4=O)CC3)c2n1. The molecule has 0 unspecified atom stereocenters. The number of ether oxygens (including phenoxy) is 1. The molecule has 4 heterocycles. The second-order valence-electron chi connectivity index (χ2n) is 8.98. The van der Waals surface area contributed by atoms with Crippen LogP contribution in [0.5, 0.6) is 0 Å². The molecule has 12 nitrogen and oxygen atoms in total. The molecule has 0 spiro atoms. The highest BCUT2D eigenvalue weighted by atomic mass is 16.5. The van der Waals surface area contributed by atoms with Gasteiger partial charge in [0.25, 0.3) is 5.91 Å². The Morgan fingerprint density at radius 2 is 1.78 bits per heavy atom. The van der Waals surface area contributed by atoms with E-state index in [1.165, 1.54) is 24.5 Å². The maximum absolute atomic E-state index is 13.3. The Bertz CT molecular complexity index is 1350. The van der Waals surface area contributed by atoms with Gasteiger partial charge in [-0.1, -0.05) is 0 Å². The van der Waals surface area contributed by atoms with Crippen molar-refractivity contribution in [1.29, 1.82) is 0 Å². The molecular formula is C25H25N5O7. The predicted molar refractivity (Wildman–Crippen MR) is 130 cm³/mol.